The fraction of sp³-hybridized carbons (Fsp3) is 0.733. The van der Waals surface area contributed by atoms with Crippen molar-refractivity contribution in [3.63, 3.8) is 0 Å². The molecule has 3 rings (SSSR count). The van der Waals surface area contributed by atoms with E-state index < -0.39 is 0 Å². The Labute approximate surface area is 121 Å². The molecule has 1 aromatic rings. The summed E-state index contributed by atoms with van der Waals surface area (Å²) < 4.78 is 5.89. The molecule has 1 spiro atoms. The van der Waals surface area contributed by atoms with Gasteiger partial charge in [-0.15, -0.1) is 0 Å². The molecular weight excluding hydrogens is 252 g/mol. The Morgan fingerprint density at radius 1 is 1.35 bits per heavy atom. The van der Waals surface area contributed by atoms with Crippen molar-refractivity contribution in [3.05, 3.63) is 17.0 Å². The minimum Gasteiger partial charge on any atom is -0.376 e. The third kappa shape index (κ3) is 2.09. The van der Waals surface area contributed by atoms with Crippen molar-refractivity contribution in [2.24, 2.45) is 0 Å². The first-order chi connectivity index (χ1) is 9.55. The van der Waals surface area contributed by atoms with Gasteiger partial charge in [0.25, 0.3) is 0 Å². The summed E-state index contributed by atoms with van der Waals surface area (Å²) in [6.07, 6.45) is 1.14. The first-order valence-electron chi connectivity index (χ1n) is 7.41. The lowest BCUT2D eigenvalue weighted by Gasteiger charge is -2.35. The summed E-state index contributed by atoms with van der Waals surface area (Å²) in [5, 5.41) is 0. The van der Waals surface area contributed by atoms with Crippen molar-refractivity contribution in [1.29, 1.82) is 0 Å². The zero-order valence-electron chi connectivity index (χ0n) is 12.9. The monoisotopic (exact) mass is 276 g/mol. The molecule has 5 heteroatoms. The molecule has 0 radical (unpaired) electrons. The second kappa shape index (κ2) is 4.97. The number of ether oxygens (including phenoxy) is 1. The number of aromatic nitrogens is 2. The number of hydrogen-bond donors (Lipinski definition) is 0. The summed E-state index contributed by atoms with van der Waals surface area (Å²) in [5.41, 5.74) is 3.57. The number of anilines is 1. The third-order valence-corrected chi connectivity index (χ3v) is 4.61. The molecule has 1 fully saturated rings. The van der Waals surface area contributed by atoms with Crippen LogP contribution in [0.5, 0.6) is 0 Å². The molecular formula is C15H24N4O. The molecule has 2 aliphatic rings. The van der Waals surface area contributed by atoms with Crippen LogP contribution in [0.2, 0.25) is 0 Å². The highest BCUT2D eigenvalue weighted by molar-refractivity contribution is 5.41. The van der Waals surface area contributed by atoms with E-state index in [1.165, 1.54) is 11.3 Å². The van der Waals surface area contributed by atoms with E-state index in [4.69, 9.17) is 9.72 Å². The number of likely N-dealkylation sites (tertiary alicyclic amines) is 1. The molecule has 0 saturated carbocycles. The van der Waals surface area contributed by atoms with Gasteiger partial charge in [-0.2, -0.15) is 0 Å². The van der Waals surface area contributed by atoms with E-state index in [2.05, 4.69) is 23.7 Å². The number of nitrogens with zero attached hydrogens (tertiary/aromatic N) is 4. The fourth-order valence-electron chi connectivity index (χ4n) is 3.35. The van der Waals surface area contributed by atoms with Gasteiger partial charge in [-0.3, -0.25) is 0 Å². The second-order valence-electron chi connectivity index (χ2n) is 6.22. The van der Waals surface area contributed by atoms with E-state index in [1.54, 1.807) is 0 Å². The molecule has 2 aliphatic heterocycles. The average Bonchev–Trinajstić information content (AvgIpc) is 2.84. The van der Waals surface area contributed by atoms with Gasteiger partial charge < -0.3 is 14.5 Å². The Morgan fingerprint density at radius 2 is 2.15 bits per heavy atom. The van der Waals surface area contributed by atoms with Gasteiger partial charge in [0.05, 0.1) is 24.3 Å². The van der Waals surface area contributed by atoms with Gasteiger partial charge in [-0.05, 0) is 26.4 Å². The van der Waals surface area contributed by atoms with Crippen LogP contribution in [0.3, 0.4) is 0 Å². The minimum absolute atomic E-state index is 0.0715. The van der Waals surface area contributed by atoms with Crippen LogP contribution < -0.4 is 4.90 Å². The Balaban J connectivity index is 2.07. The normalized spacial score (nSPS) is 26.0. The Kier molecular flexibility index (Phi) is 3.42. The molecule has 0 bridgehead atoms. The quantitative estimate of drug-likeness (QED) is 0.815. The van der Waals surface area contributed by atoms with E-state index in [-0.39, 0.29) is 5.41 Å². The molecule has 0 N–H and O–H groups in total. The van der Waals surface area contributed by atoms with E-state index in [9.17, 15) is 0 Å². The van der Waals surface area contributed by atoms with Crippen molar-refractivity contribution in [2.75, 3.05) is 45.2 Å². The van der Waals surface area contributed by atoms with Crippen molar-refractivity contribution in [3.8, 4) is 0 Å². The van der Waals surface area contributed by atoms with E-state index in [1.807, 2.05) is 19.0 Å². The molecule has 5 nitrogen and oxygen atoms in total. The molecule has 1 aromatic heterocycles. The van der Waals surface area contributed by atoms with Crippen LogP contribution in [0, 0.1) is 6.92 Å². The van der Waals surface area contributed by atoms with Crippen LogP contribution in [-0.4, -0.2) is 55.2 Å². The SMILES string of the molecule is CCN1CC[C@]2(COCc3c(C)nc(N(C)C)nc32)C1. The lowest BCUT2D eigenvalue weighted by atomic mass is 9.80. The number of likely N-dealkylation sites (N-methyl/N-ethyl adjacent to an activating group) is 1. The molecule has 3 heterocycles. The largest absolute Gasteiger partial charge is 0.376 e. The van der Waals surface area contributed by atoms with Crippen LogP contribution in [-0.2, 0) is 16.8 Å². The first kappa shape index (κ1) is 13.8. The van der Waals surface area contributed by atoms with Crippen molar-refractivity contribution in [1.82, 2.24) is 14.9 Å². The Bertz CT molecular complexity index is 517. The van der Waals surface area contributed by atoms with Crippen molar-refractivity contribution >= 4 is 5.95 Å². The number of hydrogen-bond acceptors (Lipinski definition) is 5. The molecule has 1 saturated heterocycles. The fourth-order valence-corrected chi connectivity index (χ4v) is 3.35. The summed E-state index contributed by atoms with van der Waals surface area (Å²) >= 11 is 0. The van der Waals surface area contributed by atoms with E-state index in [0.717, 1.165) is 44.3 Å². The van der Waals surface area contributed by atoms with Crippen molar-refractivity contribution in [2.45, 2.75) is 32.3 Å². The highest BCUT2D eigenvalue weighted by Gasteiger charge is 2.45. The predicted octanol–water partition coefficient (Wildman–Crippen LogP) is 1.34. The van der Waals surface area contributed by atoms with Crippen LogP contribution in [0.25, 0.3) is 0 Å². The maximum Gasteiger partial charge on any atom is 0.225 e. The zero-order chi connectivity index (χ0) is 14.3. The Morgan fingerprint density at radius 3 is 2.80 bits per heavy atom. The highest BCUT2D eigenvalue weighted by atomic mass is 16.5. The number of rotatable bonds is 2. The van der Waals surface area contributed by atoms with Gasteiger partial charge in [0.2, 0.25) is 5.95 Å². The van der Waals surface area contributed by atoms with Gasteiger partial charge in [0.15, 0.2) is 0 Å². The second-order valence-corrected chi connectivity index (χ2v) is 6.22. The summed E-state index contributed by atoms with van der Waals surface area (Å²) in [6.45, 7) is 9.03. The molecule has 0 amide bonds. The minimum atomic E-state index is 0.0715. The zero-order valence-corrected chi connectivity index (χ0v) is 12.9. The van der Waals surface area contributed by atoms with Crippen LogP contribution in [0.15, 0.2) is 0 Å². The molecule has 0 unspecified atom stereocenters. The lowest BCUT2D eigenvalue weighted by molar-refractivity contribution is 0.0503. The van der Waals surface area contributed by atoms with Crippen LogP contribution in [0.1, 0.15) is 30.3 Å². The smallest absolute Gasteiger partial charge is 0.225 e. The average molecular weight is 276 g/mol. The number of aryl methyl sites for hydroxylation is 1. The molecule has 0 aromatic carbocycles. The van der Waals surface area contributed by atoms with Gasteiger partial charge in [0, 0.05) is 31.9 Å². The lowest BCUT2D eigenvalue weighted by Crippen LogP contribution is -2.41. The predicted molar refractivity (Wildman–Crippen MR) is 79.2 cm³/mol. The maximum atomic E-state index is 5.89. The van der Waals surface area contributed by atoms with Gasteiger partial charge in [-0.1, -0.05) is 6.92 Å². The number of fused-ring (bicyclic) bond motifs is 2. The summed E-state index contributed by atoms with van der Waals surface area (Å²) in [6, 6.07) is 0. The molecule has 20 heavy (non-hydrogen) atoms. The van der Waals surface area contributed by atoms with E-state index in [0.29, 0.717) is 6.61 Å². The molecule has 110 valence electrons. The topological polar surface area (TPSA) is 41.5 Å². The summed E-state index contributed by atoms with van der Waals surface area (Å²) in [4.78, 5) is 14.0. The highest BCUT2D eigenvalue weighted by Crippen LogP contribution is 2.40. The molecule has 1 atom stereocenters. The van der Waals surface area contributed by atoms with Gasteiger partial charge in [-0.25, -0.2) is 9.97 Å². The van der Waals surface area contributed by atoms with Crippen LogP contribution >= 0.6 is 0 Å². The van der Waals surface area contributed by atoms with E-state index >= 15 is 0 Å². The van der Waals surface area contributed by atoms with Crippen molar-refractivity contribution < 1.29 is 4.74 Å². The summed E-state index contributed by atoms with van der Waals surface area (Å²) in [5.74, 6) is 0.817. The first-order valence-corrected chi connectivity index (χ1v) is 7.41. The standard InChI is InChI=1S/C15H24N4O/c1-5-19-7-6-15(9-19)10-20-8-12-11(2)16-14(18(3)4)17-13(12)15/h5-10H2,1-4H3/t15-/m1/s1. The third-order valence-electron chi connectivity index (χ3n) is 4.61. The van der Waals surface area contributed by atoms with Gasteiger partial charge in [0.1, 0.15) is 0 Å². The maximum absolute atomic E-state index is 5.89. The Hall–Kier alpha value is -1.20. The summed E-state index contributed by atoms with van der Waals surface area (Å²) in [7, 11) is 4.00. The van der Waals surface area contributed by atoms with Crippen LogP contribution in [0.4, 0.5) is 5.95 Å². The van der Waals surface area contributed by atoms with Gasteiger partial charge >= 0.3 is 0 Å². The molecule has 0 aliphatic carbocycles.